The number of nitrogens with one attached hydrogen (secondary N) is 1. The summed E-state index contributed by atoms with van der Waals surface area (Å²) in [5.74, 6) is 1.18. The van der Waals surface area contributed by atoms with Crippen LogP contribution in [-0.2, 0) is 12.8 Å². The van der Waals surface area contributed by atoms with Crippen molar-refractivity contribution in [2.45, 2.75) is 12.8 Å². The first-order chi connectivity index (χ1) is 11.7. The standard InChI is InChI=1S/C17H16N4O3/c1-23-13-7-10-3-4-11-15(12(10)8-14(13)24-2)19-20-16(11)17(22)21-6-5-18-9-21/h5-9H,3-4H2,1-2H3,(H,19,20). The lowest BCUT2D eigenvalue weighted by molar-refractivity contribution is 0.0954. The molecule has 1 N–H and O–H groups in total. The maximum atomic E-state index is 12.6. The first-order valence-corrected chi connectivity index (χ1v) is 7.58. The third kappa shape index (κ3) is 2.09. The number of aryl methyl sites for hydroxylation is 1. The summed E-state index contributed by atoms with van der Waals surface area (Å²) >= 11 is 0. The number of nitrogens with zero attached hydrogens (tertiary/aromatic N) is 3. The molecule has 4 rings (SSSR count). The Hall–Kier alpha value is -3.09. The number of ether oxygens (including phenoxy) is 2. The first-order valence-electron chi connectivity index (χ1n) is 7.58. The number of carbonyl (C=O) groups excluding carboxylic acids is 1. The van der Waals surface area contributed by atoms with Crippen LogP contribution in [0.5, 0.6) is 11.5 Å². The van der Waals surface area contributed by atoms with Crippen LogP contribution in [0.3, 0.4) is 0 Å². The Bertz CT molecular complexity index is 912. The number of hydrogen-bond donors (Lipinski definition) is 1. The van der Waals surface area contributed by atoms with Gasteiger partial charge in [0.1, 0.15) is 12.0 Å². The van der Waals surface area contributed by atoms with Crippen molar-refractivity contribution in [3.8, 4) is 22.8 Å². The van der Waals surface area contributed by atoms with Crippen molar-refractivity contribution in [1.82, 2.24) is 19.7 Å². The summed E-state index contributed by atoms with van der Waals surface area (Å²) in [4.78, 5) is 16.5. The molecule has 0 fully saturated rings. The third-order valence-corrected chi connectivity index (χ3v) is 4.33. The van der Waals surface area contributed by atoms with E-state index in [4.69, 9.17) is 9.47 Å². The van der Waals surface area contributed by atoms with Gasteiger partial charge in [-0.2, -0.15) is 5.10 Å². The Morgan fingerprint density at radius 3 is 2.71 bits per heavy atom. The first kappa shape index (κ1) is 14.5. The average molecular weight is 324 g/mol. The third-order valence-electron chi connectivity index (χ3n) is 4.33. The van der Waals surface area contributed by atoms with Gasteiger partial charge in [0.25, 0.3) is 5.91 Å². The summed E-state index contributed by atoms with van der Waals surface area (Å²) < 4.78 is 12.2. The maximum Gasteiger partial charge on any atom is 0.281 e. The second kappa shape index (κ2) is 5.52. The van der Waals surface area contributed by atoms with E-state index in [0.717, 1.165) is 35.2 Å². The minimum Gasteiger partial charge on any atom is -0.493 e. The molecule has 0 saturated carbocycles. The van der Waals surface area contributed by atoms with Gasteiger partial charge >= 0.3 is 0 Å². The smallest absolute Gasteiger partial charge is 0.281 e. The molecule has 0 unspecified atom stereocenters. The molecule has 1 aliphatic carbocycles. The fraction of sp³-hybridized carbons (Fsp3) is 0.235. The van der Waals surface area contributed by atoms with E-state index in [9.17, 15) is 4.79 Å². The van der Waals surface area contributed by atoms with Gasteiger partial charge in [-0.3, -0.25) is 14.5 Å². The van der Waals surface area contributed by atoms with Crippen LogP contribution in [0.15, 0.2) is 30.9 Å². The van der Waals surface area contributed by atoms with E-state index in [1.807, 2.05) is 12.1 Å². The molecular weight excluding hydrogens is 308 g/mol. The molecule has 1 aliphatic rings. The molecule has 122 valence electrons. The maximum absolute atomic E-state index is 12.6. The molecule has 0 spiro atoms. The van der Waals surface area contributed by atoms with Crippen LogP contribution >= 0.6 is 0 Å². The zero-order valence-electron chi connectivity index (χ0n) is 13.4. The Morgan fingerprint density at radius 1 is 1.21 bits per heavy atom. The number of carbonyl (C=O) groups is 1. The van der Waals surface area contributed by atoms with Crippen molar-refractivity contribution in [1.29, 1.82) is 0 Å². The molecule has 24 heavy (non-hydrogen) atoms. The molecule has 0 amide bonds. The van der Waals surface area contributed by atoms with Crippen molar-refractivity contribution in [3.63, 3.8) is 0 Å². The van der Waals surface area contributed by atoms with E-state index in [0.29, 0.717) is 17.2 Å². The minimum absolute atomic E-state index is 0.162. The van der Waals surface area contributed by atoms with Gasteiger partial charge in [0.2, 0.25) is 0 Å². The number of H-pyrrole nitrogens is 1. The molecule has 0 aliphatic heterocycles. The lowest BCUT2D eigenvalue weighted by atomic mass is 9.88. The quantitative estimate of drug-likeness (QED) is 0.797. The van der Waals surface area contributed by atoms with Crippen molar-refractivity contribution >= 4 is 5.91 Å². The van der Waals surface area contributed by atoms with E-state index in [1.54, 1.807) is 26.6 Å². The number of aromatic amines is 1. The molecule has 7 nitrogen and oxygen atoms in total. The van der Waals surface area contributed by atoms with Crippen molar-refractivity contribution in [3.05, 3.63) is 47.7 Å². The lowest BCUT2D eigenvalue weighted by Crippen LogP contribution is -2.14. The molecule has 2 aromatic heterocycles. The number of benzene rings is 1. The van der Waals surface area contributed by atoms with E-state index >= 15 is 0 Å². The van der Waals surface area contributed by atoms with Crippen LogP contribution in [-0.4, -0.2) is 39.9 Å². The summed E-state index contributed by atoms with van der Waals surface area (Å²) in [7, 11) is 3.22. The SMILES string of the molecule is COc1cc2c(cc1OC)-c1n[nH]c(C(=O)n3ccnc3)c1CC2. The van der Waals surface area contributed by atoms with Crippen LogP contribution in [0.1, 0.15) is 21.6 Å². The molecular formula is C17H16N4O3. The predicted molar refractivity (Wildman–Crippen MR) is 86.5 cm³/mol. The molecule has 0 bridgehead atoms. The minimum atomic E-state index is -0.162. The second-order valence-corrected chi connectivity index (χ2v) is 5.57. The number of rotatable bonds is 3. The number of methoxy groups -OCH3 is 2. The topological polar surface area (TPSA) is 82.0 Å². The summed E-state index contributed by atoms with van der Waals surface area (Å²) in [6.07, 6.45) is 6.24. The van der Waals surface area contributed by atoms with E-state index in [-0.39, 0.29) is 5.91 Å². The Balaban J connectivity index is 1.82. The van der Waals surface area contributed by atoms with Gasteiger partial charge in [-0.1, -0.05) is 0 Å². The van der Waals surface area contributed by atoms with Crippen LogP contribution in [0.2, 0.25) is 0 Å². The molecule has 3 aromatic rings. The summed E-state index contributed by atoms with van der Waals surface area (Å²) in [5.41, 5.74) is 4.32. The molecule has 0 saturated heterocycles. The average Bonchev–Trinajstić information content (AvgIpc) is 3.29. The molecule has 2 heterocycles. The Morgan fingerprint density at radius 2 is 2.00 bits per heavy atom. The monoisotopic (exact) mass is 324 g/mol. The van der Waals surface area contributed by atoms with Crippen LogP contribution in [0, 0.1) is 0 Å². The second-order valence-electron chi connectivity index (χ2n) is 5.57. The molecule has 0 atom stereocenters. The van der Waals surface area contributed by atoms with Crippen LogP contribution < -0.4 is 9.47 Å². The van der Waals surface area contributed by atoms with Crippen molar-refractivity contribution < 1.29 is 14.3 Å². The summed E-state index contributed by atoms with van der Waals surface area (Å²) in [6, 6.07) is 3.89. The van der Waals surface area contributed by atoms with Crippen LogP contribution in [0.25, 0.3) is 11.3 Å². The van der Waals surface area contributed by atoms with Gasteiger partial charge in [-0.05, 0) is 30.5 Å². The normalized spacial score (nSPS) is 12.4. The number of fused-ring (bicyclic) bond motifs is 3. The van der Waals surface area contributed by atoms with Crippen molar-refractivity contribution in [2.24, 2.45) is 0 Å². The zero-order valence-corrected chi connectivity index (χ0v) is 13.4. The summed E-state index contributed by atoms with van der Waals surface area (Å²) in [5, 5.41) is 7.27. The zero-order chi connectivity index (χ0) is 16.7. The van der Waals surface area contributed by atoms with Gasteiger partial charge in [-0.25, -0.2) is 4.98 Å². The van der Waals surface area contributed by atoms with Gasteiger partial charge in [0, 0.05) is 23.5 Å². The number of aromatic nitrogens is 4. The highest BCUT2D eigenvalue weighted by Crippen LogP contribution is 2.40. The van der Waals surface area contributed by atoms with E-state index < -0.39 is 0 Å². The van der Waals surface area contributed by atoms with Gasteiger partial charge in [-0.15, -0.1) is 0 Å². The van der Waals surface area contributed by atoms with Gasteiger partial charge in [0.05, 0.1) is 19.9 Å². The van der Waals surface area contributed by atoms with E-state index in [2.05, 4.69) is 15.2 Å². The summed E-state index contributed by atoms with van der Waals surface area (Å²) in [6.45, 7) is 0. The Kier molecular flexibility index (Phi) is 3.34. The fourth-order valence-corrected chi connectivity index (χ4v) is 3.12. The number of imidazole rings is 1. The van der Waals surface area contributed by atoms with Crippen LogP contribution in [0.4, 0.5) is 0 Å². The van der Waals surface area contributed by atoms with Crippen molar-refractivity contribution in [2.75, 3.05) is 14.2 Å². The highest BCUT2D eigenvalue weighted by Gasteiger charge is 2.27. The largest absolute Gasteiger partial charge is 0.493 e. The molecule has 7 heteroatoms. The highest BCUT2D eigenvalue weighted by atomic mass is 16.5. The van der Waals surface area contributed by atoms with Gasteiger partial charge < -0.3 is 9.47 Å². The van der Waals surface area contributed by atoms with Gasteiger partial charge in [0.15, 0.2) is 11.5 Å². The lowest BCUT2D eigenvalue weighted by Gasteiger charge is -2.18. The van der Waals surface area contributed by atoms with E-state index in [1.165, 1.54) is 10.9 Å². The predicted octanol–water partition coefficient (Wildman–Crippen LogP) is 2.08. The molecule has 1 aromatic carbocycles. The Labute approximate surface area is 138 Å². The fourth-order valence-electron chi connectivity index (χ4n) is 3.12. The molecule has 0 radical (unpaired) electrons. The number of hydrogen-bond acceptors (Lipinski definition) is 5. The highest BCUT2D eigenvalue weighted by molar-refractivity contribution is 5.97.